The van der Waals surface area contributed by atoms with Crippen LogP contribution in [0, 0.1) is 0 Å². The Morgan fingerprint density at radius 1 is 0.789 bits per heavy atom. The van der Waals surface area contributed by atoms with Crippen LogP contribution in [0.5, 0.6) is 0 Å². The molecule has 0 spiro atoms. The third-order valence-electron chi connectivity index (χ3n) is 5.87. The number of hydrogen-bond acceptors (Lipinski definition) is 5. The molecule has 0 aromatic heterocycles. The summed E-state index contributed by atoms with van der Waals surface area (Å²) >= 11 is 0. The van der Waals surface area contributed by atoms with Crippen molar-refractivity contribution in [1.82, 2.24) is 10.7 Å². The molecule has 198 valence electrons. The maximum atomic E-state index is 13.0. The summed E-state index contributed by atoms with van der Waals surface area (Å²) in [4.78, 5) is 30.2. The zero-order chi connectivity index (χ0) is 27.3. The Bertz CT molecular complexity index is 1230. The normalized spacial score (nSPS) is 11.3. The number of hydrogen-bond donors (Lipinski definition) is 2. The van der Waals surface area contributed by atoms with Crippen molar-refractivity contribution in [3.8, 4) is 0 Å². The van der Waals surface area contributed by atoms with Crippen LogP contribution in [-0.4, -0.2) is 45.2 Å². The molecule has 0 radical (unpaired) electrons. The summed E-state index contributed by atoms with van der Waals surface area (Å²) in [5.74, 6) is -0.893. The van der Waals surface area contributed by atoms with Gasteiger partial charge in [0.15, 0.2) is 0 Å². The number of carbonyl (C=O) groups excluding carboxylic acids is 2. The molecule has 0 aliphatic carbocycles. The molecule has 0 atom stereocenters. The molecule has 0 aliphatic rings. The summed E-state index contributed by atoms with van der Waals surface area (Å²) < 4.78 is 0. The predicted molar refractivity (Wildman–Crippen MR) is 158 cm³/mol. The van der Waals surface area contributed by atoms with Gasteiger partial charge < -0.3 is 15.1 Å². The van der Waals surface area contributed by atoms with E-state index in [0.717, 1.165) is 42.7 Å². The van der Waals surface area contributed by atoms with Crippen molar-refractivity contribution in [3.63, 3.8) is 0 Å². The molecule has 2 amide bonds. The summed E-state index contributed by atoms with van der Waals surface area (Å²) in [6.07, 6.45) is 5.40. The van der Waals surface area contributed by atoms with Gasteiger partial charge in [0.05, 0.1) is 6.21 Å². The van der Waals surface area contributed by atoms with E-state index in [9.17, 15) is 9.59 Å². The topological polar surface area (TPSA) is 77.0 Å². The Kier molecular flexibility index (Phi) is 10.7. The van der Waals surface area contributed by atoms with Gasteiger partial charge >= 0.3 is 0 Å². The molecule has 0 aliphatic heterocycles. The number of nitrogens with zero attached hydrogens (tertiary/aromatic N) is 3. The zero-order valence-corrected chi connectivity index (χ0v) is 22.6. The van der Waals surface area contributed by atoms with Crippen molar-refractivity contribution in [3.05, 3.63) is 101 Å². The van der Waals surface area contributed by atoms with E-state index in [1.165, 1.54) is 5.69 Å². The Balaban J connectivity index is 1.74. The second-order valence-electron chi connectivity index (χ2n) is 9.14. The van der Waals surface area contributed by atoms with Gasteiger partial charge in [0.2, 0.25) is 0 Å². The number of amides is 2. The molecule has 2 N–H and O–H groups in total. The average molecular weight is 512 g/mol. The van der Waals surface area contributed by atoms with Gasteiger partial charge in [0, 0.05) is 44.1 Å². The van der Waals surface area contributed by atoms with Crippen molar-refractivity contribution in [2.75, 3.05) is 37.0 Å². The van der Waals surface area contributed by atoms with E-state index in [1.54, 1.807) is 36.6 Å². The van der Waals surface area contributed by atoms with E-state index >= 15 is 0 Å². The molecule has 0 fully saturated rings. The Hall–Kier alpha value is -4.39. The van der Waals surface area contributed by atoms with Gasteiger partial charge in [0.25, 0.3) is 11.8 Å². The van der Waals surface area contributed by atoms with Gasteiger partial charge in [-0.05, 0) is 66.4 Å². The van der Waals surface area contributed by atoms with Crippen LogP contribution in [0.1, 0.15) is 48.2 Å². The first-order chi connectivity index (χ1) is 18.4. The smallest absolute Gasteiger partial charge is 0.287 e. The maximum absolute atomic E-state index is 13.0. The second kappa shape index (κ2) is 14.4. The second-order valence-corrected chi connectivity index (χ2v) is 9.14. The van der Waals surface area contributed by atoms with Gasteiger partial charge in [-0.25, -0.2) is 5.43 Å². The lowest BCUT2D eigenvalue weighted by molar-refractivity contribution is -0.117. The zero-order valence-electron chi connectivity index (χ0n) is 22.6. The van der Waals surface area contributed by atoms with Crippen molar-refractivity contribution < 1.29 is 9.59 Å². The minimum absolute atomic E-state index is 0.0960. The van der Waals surface area contributed by atoms with Crippen LogP contribution >= 0.6 is 0 Å². The van der Waals surface area contributed by atoms with Crippen molar-refractivity contribution >= 4 is 35.5 Å². The molecule has 0 saturated heterocycles. The number of anilines is 2. The fraction of sp³-hybridized carbons (Fsp3) is 0.258. The first-order valence-electron chi connectivity index (χ1n) is 12.9. The molecule has 3 aromatic rings. The molecular weight excluding hydrogens is 474 g/mol. The number of nitrogens with one attached hydrogen (secondary N) is 2. The minimum atomic E-state index is -0.518. The largest absolute Gasteiger partial charge is 0.378 e. The lowest BCUT2D eigenvalue weighted by atomic mass is 10.1. The molecule has 0 bridgehead atoms. The number of hydrazone groups is 1. The number of benzene rings is 3. The molecule has 0 saturated carbocycles. The molecule has 7 nitrogen and oxygen atoms in total. The fourth-order valence-corrected chi connectivity index (χ4v) is 3.88. The van der Waals surface area contributed by atoms with Crippen molar-refractivity contribution in [2.45, 2.75) is 26.7 Å². The highest BCUT2D eigenvalue weighted by Gasteiger charge is 2.14. The highest BCUT2D eigenvalue weighted by Crippen LogP contribution is 2.16. The van der Waals surface area contributed by atoms with Crippen molar-refractivity contribution in [1.29, 1.82) is 0 Å². The Morgan fingerprint density at radius 2 is 1.37 bits per heavy atom. The SMILES string of the molecule is CCCN(CCC)c1ccc(C=NNC(=O)C(=Cc2ccc(N(C)C)cc2)NC(=O)c2ccccc2)cc1. The molecule has 0 heterocycles. The highest BCUT2D eigenvalue weighted by atomic mass is 16.2. The Morgan fingerprint density at radius 3 is 1.95 bits per heavy atom. The number of carbonyl (C=O) groups is 2. The van der Waals surface area contributed by atoms with Crippen LogP contribution < -0.4 is 20.5 Å². The van der Waals surface area contributed by atoms with Crippen LogP contribution in [0.25, 0.3) is 6.08 Å². The minimum Gasteiger partial charge on any atom is -0.378 e. The van der Waals surface area contributed by atoms with Gasteiger partial charge in [-0.1, -0.05) is 56.3 Å². The van der Waals surface area contributed by atoms with Gasteiger partial charge in [-0.2, -0.15) is 5.10 Å². The van der Waals surface area contributed by atoms with Gasteiger partial charge in [-0.3, -0.25) is 9.59 Å². The quantitative estimate of drug-likeness (QED) is 0.197. The predicted octanol–water partition coefficient (Wildman–Crippen LogP) is 5.30. The lowest BCUT2D eigenvalue weighted by Gasteiger charge is -2.23. The first-order valence-corrected chi connectivity index (χ1v) is 12.9. The standard InChI is InChI=1S/C31H37N5O2/c1-5-20-36(21-6-2)28-18-14-25(15-19-28)23-32-34-31(38)29(33-30(37)26-10-8-7-9-11-26)22-24-12-16-27(17-13-24)35(3)4/h7-19,22-23H,5-6,20-21H2,1-4H3,(H,33,37)(H,34,38). The summed E-state index contributed by atoms with van der Waals surface area (Å²) in [6, 6.07) is 24.5. The fourth-order valence-electron chi connectivity index (χ4n) is 3.88. The van der Waals surface area contributed by atoms with E-state index in [2.05, 4.69) is 46.7 Å². The summed E-state index contributed by atoms with van der Waals surface area (Å²) in [5, 5.41) is 6.86. The van der Waals surface area contributed by atoms with Crippen LogP contribution in [0.3, 0.4) is 0 Å². The first kappa shape index (κ1) is 28.2. The highest BCUT2D eigenvalue weighted by molar-refractivity contribution is 6.05. The summed E-state index contributed by atoms with van der Waals surface area (Å²) in [5.41, 5.74) is 6.94. The van der Waals surface area contributed by atoms with E-state index < -0.39 is 5.91 Å². The third-order valence-corrected chi connectivity index (χ3v) is 5.87. The van der Waals surface area contributed by atoms with E-state index in [4.69, 9.17) is 0 Å². The molecule has 7 heteroatoms. The van der Waals surface area contributed by atoms with E-state index in [-0.39, 0.29) is 11.6 Å². The maximum Gasteiger partial charge on any atom is 0.287 e. The molecule has 0 unspecified atom stereocenters. The Labute approximate surface area is 225 Å². The third kappa shape index (κ3) is 8.34. The van der Waals surface area contributed by atoms with Crippen LogP contribution in [0.15, 0.2) is 89.7 Å². The lowest BCUT2D eigenvalue weighted by Crippen LogP contribution is -2.32. The summed E-state index contributed by atoms with van der Waals surface area (Å²) in [7, 11) is 3.92. The number of rotatable bonds is 12. The van der Waals surface area contributed by atoms with Crippen LogP contribution in [0.4, 0.5) is 11.4 Å². The van der Waals surface area contributed by atoms with Crippen LogP contribution in [0.2, 0.25) is 0 Å². The monoisotopic (exact) mass is 511 g/mol. The van der Waals surface area contributed by atoms with E-state index in [0.29, 0.717) is 5.56 Å². The molecule has 3 aromatic carbocycles. The van der Waals surface area contributed by atoms with Gasteiger partial charge in [-0.15, -0.1) is 0 Å². The van der Waals surface area contributed by atoms with Crippen molar-refractivity contribution in [2.24, 2.45) is 5.10 Å². The van der Waals surface area contributed by atoms with E-state index in [1.807, 2.05) is 61.5 Å². The molecular formula is C31H37N5O2. The molecule has 3 rings (SSSR count). The average Bonchev–Trinajstić information content (AvgIpc) is 2.93. The van der Waals surface area contributed by atoms with Crippen LogP contribution in [-0.2, 0) is 4.79 Å². The molecule has 38 heavy (non-hydrogen) atoms. The van der Waals surface area contributed by atoms with Gasteiger partial charge in [0.1, 0.15) is 5.70 Å². The summed E-state index contributed by atoms with van der Waals surface area (Å²) in [6.45, 7) is 6.38.